The Morgan fingerprint density at radius 1 is 1.07 bits per heavy atom. The third-order valence-electron chi connectivity index (χ3n) is 4.13. The van der Waals surface area contributed by atoms with Crippen LogP contribution in [0.25, 0.3) is 0 Å². The number of esters is 1. The van der Waals surface area contributed by atoms with Crippen LogP contribution >= 0.6 is 11.6 Å². The van der Waals surface area contributed by atoms with E-state index in [1.165, 1.54) is 6.07 Å². The molecule has 29 heavy (non-hydrogen) atoms. The molecule has 0 fully saturated rings. The van der Waals surface area contributed by atoms with E-state index in [-0.39, 0.29) is 10.6 Å². The van der Waals surface area contributed by atoms with Gasteiger partial charge in [0, 0.05) is 23.8 Å². The lowest BCUT2D eigenvalue weighted by Gasteiger charge is -2.20. The fraction of sp³-hybridized carbons (Fsp3) is 0.300. The molecule has 0 heterocycles. The molecule has 9 heteroatoms. The molecule has 1 N–H and O–H groups in total. The zero-order valence-corrected chi connectivity index (χ0v) is 16.6. The number of hydrogen-bond donors (Lipinski definition) is 1. The number of halogens is 4. The van der Waals surface area contributed by atoms with Crippen LogP contribution in [0.15, 0.2) is 42.5 Å². The van der Waals surface area contributed by atoms with Gasteiger partial charge in [0.25, 0.3) is 5.91 Å². The molecule has 0 radical (unpaired) electrons. The lowest BCUT2D eigenvalue weighted by molar-refractivity contribution is -0.137. The van der Waals surface area contributed by atoms with Crippen LogP contribution in [0.1, 0.15) is 29.8 Å². The fourth-order valence-electron chi connectivity index (χ4n) is 2.66. The summed E-state index contributed by atoms with van der Waals surface area (Å²) >= 11 is 5.59. The molecule has 2 rings (SSSR count). The molecular formula is C20H20ClF3N2O3. The highest BCUT2D eigenvalue weighted by atomic mass is 35.5. The predicted octanol–water partition coefficient (Wildman–Crippen LogP) is 5.00. The van der Waals surface area contributed by atoms with Crippen LogP contribution in [0.3, 0.4) is 0 Å². The van der Waals surface area contributed by atoms with Crippen LogP contribution in [0.4, 0.5) is 24.5 Å². The standard InChI is InChI=1S/C20H20ClF3N2O3/c1-3-26(4-2)15-8-5-13(6-9-15)19(28)29-12-18(27)25-17-10-7-14(21)11-16(17)20(22,23)24/h5-11H,3-4,12H2,1-2H3,(H,25,27). The van der Waals surface area contributed by atoms with Crippen LogP contribution in [0.5, 0.6) is 0 Å². The van der Waals surface area contributed by atoms with Crippen molar-refractivity contribution in [2.24, 2.45) is 0 Å². The Morgan fingerprint density at radius 2 is 1.69 bits per heavy atom. The predicted molar refractivity (Wildman–Crippen MR) is 105 cm³/mol. The number of amides is 1. The summed E-state index contributed by atoms with van der Waals surface area (Å²) < 4.78 is 44.1. The van der Waals surface area contributed by atoms with Crippen LogP contribution < -0.4 is 10.2 Å². The number of carbonyl (C=O) groups is 2. The number of anilines is 2. The summed E-state index contributed by atoms with van der Waals surface area (Å²) in [5.74, 6) is -1.65. The van der Waals surface area contributed by atoms with Crippen molar-refractivity contribution in [2.75, 3.05) is 29.9 Å². The molecule has 0 unspecified atom stereocenters. The van der Waals surface area contributed by atoms with Gasteiger partial charge in [0.15, 0.2) is 6.61 Å². The lowest BCUT2D eigenvalue weighted by atomic mass is 10.1. The minimum Gasteiger partial charge on any atom is -0.452 e. The van der Waals surface area contributed by atoms with E-state index in [9.17, 15) is 22.8 Å². The van der Waals surface area contributed by atoms with Crippen molar-refractivity contribution in [3.63, 3.8) is 0 Å². The quantitative estimate of drug-likeness (QED) is 0.630. The van der Waals surface area contributed by atoms with Gasteiger partial charge < -0.3 is 15.0 Å². The highest BCUT2D eigenvalue weighted by molar-refractivity contribution is 6.30. The van der Waals surface area contributed by atoms with E-state index in [2.05, 4.69) is 10.2 Å². The number of benzene rings is 2. The average Bonchev–Trinajstić information content (AvgIpc) is 2.68. The zero-order chi connectivity index (χ0) is 21.6. The molecule has 0 spiro atoms. The van der Waals surface area contributed by atoms with Crippen molar-refractivity contribution in [1.29, 1.82) is 0 Å². The van der Waals surface area contributed by atoms with Crippen molar-refractivity contribution >= 4 is 34.9 Å². The number of nitrogens with zero attached hydrogens (tertiary/aromatic N) is 1. The van der Waals surface area contributed by atoms with Gasteiger partial charge in [0.1, 0.15) is 0 Å². The van der Waals surface area contributed by atoms with E-state index >= 15 is 0 Å². The summed E-state index contributed by atoms with van der Waals surface area (Å²) in [4.78, 5) is 26.1. The fourth-order valence-corrected chi connectivity index (χ4v) is 2.83. The van der Waals surface area contributed by atoms with E-state index in [1.54, 1.807) is 24.3 Å². The Labute approximate surface area is 171 Å². The Hall–Kier alpha value is -2.74. The number of hydrogen-bond acceptors (Lipinski definition) is 4. The third kappa shape index (κ3) is 6.12. The maximum absolute atomic E-state index is 13.1. The zero-order valence-electron chi connectivity index (χ0n) is 15.8. The Bertz CT molecular complexity index is 866. The molecule has 5 nitrogen and oxygen atoms in total. The summed E-state index contributed by atoms with van der Waals surface area (Å²) in [5.41, 5.74) is -0.383. The topological polar surface area (TPSA) is 58.6 Å². The first-order chi connectivity index (χ1) is 13.7. The summed E-state index contributed by atoms with van der Waals surface area (Å²) in [6, 6.07) is 9.61. The molecule has 0 aliphatic carbocycles. The summed E-state index contributed by atoms with van der Waals surface area (Å²) in [7, 11) is 0. The second-order valence-corrected chi connectivity index (χ2v) is 6.47. The van der Waals surface area contributed by atoms with Gasteiger partial charge >= 0.3 is 12.1 Å². The number of rotatable bonds is 7. The molecule has 156 valence electrons. The average molecular weight is 429 g/mol. The third-order valence-corrected chi connectivity index (χ3v) is 4.36. The second-order valence-electron chi connectivity index (χ2n) is 6.03. The van der Waals surface area contributed by atoms with E-state index in [0.29, 0.717) is 6.07 Å². The van der Waals surface area contributed by atoms with Crippen LogP contribution in [0.2, 0.25) is 5.02 Å². The van der Waals surface area contributed by atoms with Crippen LogP contribution in [-0.4, -0.2) is 31.6 Å². The maximum atomic E-state index is 13.1. The highest BCUT2D eigenvalue weighted by Gasteiger charge is 2.34. The molecule has 0 aromatic heterocycles. The first-order valence-corrected chi connectivity index (χ1v) is 9.22. The number of carbonyl (C=O) groups excluding carboxylic acids is 2. The van der Waals surface area contributed by atoms with Crippen molar-refractivity contribution in [2.45, 2.75) is 20.0 Å². The number of ether oxygens (including phenoxy) is 1. The molecule has 0 bridgehead atoms. The Kier molecular flexibility index (Phi) is 7.50. The van der Waals surface area contributed by atoms with Gasteiger partial charge in [-0.15, -0.1) is 0 Å². The largest absolute Gasteiger partial charge is 0.452 e. The molecule has 0 atom stereocenters. The first-order valence-electron chi connectivity index (χ1n) is 8.84. The SMILES string of the molecule is CCN(CC)c1ccc(C(=O)OCC(=O)Nc2ccc(Cl)cc2C(F)(F)F)cc1. The van der Waals surface area contributed by atoms with Gasteiger partial charge in [-0.3, -0.25) is 4.79 Å². The van der Waals surface area contributed by atoms with Gasteiger partial charge in [-0.1, -0.05) is 11.6 Å². The minimum absolute atomic E-state index is 0.116. The van der Waals surface area contributed by atoms with Gasteiger partial charge in [0.2, 0.25) is 0 Å². The molecule has 1 amide bonds. The van der Waals surface area contributed by atoms with E-state index in [1.807, 2.05) is 13.8 Å². The van der Waals surface area contributed by atoms with Crippen LogP contribution in [-0.2, 0) is 15.7 Å². The first kappa shape index (κ1) is 22.5. The van der Waals surface area contributed by atoms with Crippen molar-refractivity contribution in [3.8, 4) is 0 Å². The number of nitrogens with one attached hydrogen (secondary N) is 1. The molecule has 2 aromatic carbocycles. The van der Waals surface area contributed by atoms with Gasteiger partial charge in [-0.2, -0.15) is 13.2 Å². The number of alkyl halides is 3. The van der Waals surface area contributed by atoms with Gasteiger partial charge in [-0.25, -0.2) is 4.79 Å². The molecule has 2 aromatic rings. The van der Waals surface area contributed by atoms with E-state index in [0.717, 1.165) is 24.8 Å². The van der Waals surface area contributed by atoms with E-state index in [4.69, 9.17) is 16.3 Å². The normalized spacial score (nSPS) is 11.1. The van der Waals surface area contributed by atoms with E-state index < -0.39 is 35.9 Å². The maximum Gasteiger partial charge on any atom is 0.418 e. The molecule has 0 saturated heterocycles. The second kappa shape index (κ2) is 9.65. The van der Waals surface area contributed by atoms with Gasteiger partial charge in [0.05, 0.1) is 16.8 Å². The smallest absolute Gasteiger partial charge is 0.418 e. The van der Waals surface area contributed by atoms with Crippen LogP contribution in [0, 0.1) is 0 Å². The van der Waals surface area contributed by atoms with Crippen molar-refractivity contribution < 1.29 is 27.5 Å². The monoisotopic (exact) mass is 428 g/mol. The lowest BCUT2D eigenvalue weighted by Crippen LogP contribution is -2.23. The highest BCUT2D eigenvalue weighted by Crippen LogP contribution is 2.36. The summed E-state index contributed by atoms with van der Waals surface area (Å²) in [6.45, 7) is 4.91. The molecule has 0 aliphatic heterocycles. The van der Waals surface area contributed by atoms with Gasteiger partial charge in [-0.05, 0) is 56.3 Å². The molecular weight excluding hydrogens is 409 g/mol. The summed E-state index contributed by atoms with van der Waals surface area (Å²) in [6.07, 6.45) is -4.70. The van der Waals surface area contributed by atoms with Crippen molar-refractivity contribution in [3.05, 3.63) is 58.6 Å². The minimum atomic E-state index is -4.70. The Balaban J connectivity index is 1.98. The summed E-state index contributed by atoms with van der Waals surface area (Å²) in [5, 5.41) is 1.97. The molecule has 0 aliphatic rings. The molecule has 0 saturated carbocycles. The van der Waals surface area contributed by atoms with Crippen molar-refractivity contribution in [1.82, 2.24) is 0 Å². The Morgan fingerprint density at radius 3 is 2.24 bits per heavy atom.